The molecule has 0 fully saturated rings. The van der Waals surface area contributed by atoms with Gasteiger partial charge < -0.3 is 4.90 Å². The first-order valence-electron chi connectivity index (χ1n) is 6.10. The van der Waals surface area contributed by atoms with Crippen molar-refractivity contribution in [2.24, 2.45) is 0 Å². The van der Waals surface area contributed by atoms with Gasteiger partial charge in [-0.2, -0.15) is 0 Å². The van der Waals surface area contributed by atoms with E-state index in [9.17, 15) is 0 Å². The molecule has 0 amide bonds. The summed E-state index contributed by atoms with van der Waals surface area (Å²) in [5.74, 6) is 0. The molecule has 0 bridgehead atoms. The lowest BCUT2D eigenvalue weighted by Gasteiger charge is -2.22. The van der Waals surface area contributed by atoms with Crippen LogP contribution in [0.2, 0.25) is 0 Å². The van der Waals surface area contributed by atoms with Crippen molar-refractivity contribution < 1.29 is 0 Å². The Kier molecular flexibility index (Phi) is 2.86. The van der Waals surface area contributed by atoms with Crippen LogP contribution in [-0.4, -0.2) is 14.1 Å². The van der Waals surface area contributed by atoms with Crippen molar-refractivity contribution in [1.29, 1.82) is 0 Å². The van der Waals surface area contributed by atoms with E-state index in [1.165, 1.54) is 22.0 Å². The molecule has 2 rings (SSSR count). The van der Waals surface area contributed by atoms with Crippen LogP contribution >= 0.6 is 0 Å². The number of benzene rings is 2. The van der Waals surface area contributed by atoms with Crippen LogP contribution in [-0.2, 0) is 5.41 Å². The standard InChI is InChI=1S/C16H21N/c1-16(2,3)15-8-6-7-12-9-10-13(17(4)5)11-14(12)15/h6-11H,1-5H3. The largest absolute Gasteiger partial charge is 0.378 e. The topological polar surface area (TPSA) is 3.24 Å². The Morgan fingerprint density at radius 1 is 0.941 bits per heavy atom. The van der Waals surface area contributed by atoms with Crippen LogP contribution in [0.3, 0.4) is 0 Å². The molecule has 1 nitrogen and oxygen atoms in total. The third-order valence-electron chi connectivity index (χ3n) is 3.19. The average molecular weight is 227 g/mol. The van der Waals surface area contributed by atoms with Crippen molar-refractivity contribution in [1.82, 2.24) is 0 Å². The molecule has 0 spiro atoms. The van der Waals surface area contributed by atoms with E-state index >= 15 is 0 Å². The van der Waals surface area contributed by atoms with Gasteiger partial charge in [-0.05, 0) is 33.9 Å². The fourth-order valence-electron chi connectivity index (χ4n) is 2.19. The Balaban J connectivity index is 2.73. The van der Waals surface area contributed by atoms with Crippen LogP contribution in [0.4, 0.5) is 5.69 Å². The number of anilines is 1. The minimum absolute atomic E-state index is 0.185. The SMILES string of the molecule is CN(C)c1ccc2cccc(C(C)(C)C)c2c1. The highest BCUT2D eigenvalue weighted by Gasteiger charge is 2.16. The third-order valence-corrected chi connectivity index (χ3v) is 3.19. The summed E-state index contributed by atoms with van der Waals surface area (Å²) < 4.78 is 0. The summed E-state index contributed by atoms with van der Waals surface area (Å²) in [5, 5.41) is 2.69. The first kappa shape index (κ1) is 12.0. The molecule has 90 valence electrons. The number of rotatable bonds is 1. The molecule has 0 heterocycles. The molecule has 1 heteroatoms. The number of hydrogen-bond acceptors (Lipinski definition) is 1. The molecule has 2 aromatic rings. The van der Waals surface area contributed by atoms with E-state index in [-0.39, 0.29) is 5.41 Å². The lowest BCUT2D eigenvalue weighted by molar-refractivity contribution is 0.596. The lowest BCUT2D eigenvalue weighted by atomic mass is 9.83. The Morgan fingerprint density at radius 3 is 2.24 bits per heavy atom. The fourth-order valence-corrected chi connectivity index (χ4v) is 2.19. The summed E-state index contributed by atoms with van der Waals surface area (Å²) in [6, 6.07) is 13.2. The van der Waals surface area contributed by atoms with E-state index in [0.29, 0.717) is 0 Å². The van der Waals surface area contributed by atoms with Gasteiger partial charge >= 0.3 is 0 Å². The van der Waals surface area contributed by atoms with Crippen LogP contribution in [0.5, 0.6) is 0 Å². The molecule has 0 saturated carbocycles. The first-order chi connectivity index (χ1) is 7.89. The summed E-state index contributed by atoms with van der Waals surface area (Å²) in [6.45, 7) is 6.80. The Bertz CT molecular complexity index is 533. The van der Waals surface area contributed by atoms with E-state index < -0.39 is 0 Å². The molecule has 0 aliphatic heterocycles. The zero-order valence-corrected chi connectivity index (χ0v) is 11.4. The summed E-state index contributed by atoms with van der Waals surface area (Å²) in [5.41, 5.74) is 2.86. The maximum absolute atomic E-state index is 2.29. The van der Waals surface area contributed by atoms with Crippen LogP contribution in [0.1, 0.15) is 26.3 Å². The molecule has 17 heavy (non-hydrogen) atoms. The molecule has 0 radical (unpaired) electrons. The summed E-state index contributed by atoms with van der Waals surface area (Å²) in [7, 11) is 4.17. The predicted molar refractivity (Wildman–Crippen MR) is 77.0 cm³/mol. The fraction of sp³-hybridized carbons (Fsp3) is 0.375. The van der Waals surface area contributed by atoms with Gasteiger partial charge in [0.2, 0.25) is 0 Å². The van der Waals surface area contributed by atoms with Gasteiger partial charge in [0.1, 0.15) is 0 Å². The number of nitrogens with zero attached hydrogens (tertiary/aromatic N) is 1. The second-order valence-electron chi connectivity index (χ2n) is 5.86. The molecule has 2 aromatic carbocycles. The molecule has 0 N–H and O–H groups in total. The minimum Gasteiger partial charge on any atom is -0.378 e. The highest BCUT2D eigenvalue weighted by Crippen LogP contribution is 2.31. The van der Waals surface area contributed by atoms with E-state index in [2.05, 4.69) is 76.2 Å². The van der Waals surface area contributed by atoms with E-state index in [4.69, 9.17) is 0 Å². The minimum atomic E-state index is 0.185. The summed E-state index contributed by atoms with van der Waals surface area (Å²) in [4.78, 5) is 2.15. The summed E-state index contributed by atoms with van der Waals surface area (Å²) in [6.07, 6.45) is 0. The molecule has 0 aliphatic rings. The van der Waals surface area contributed by atoms with Gasteiger partial charge in [-0.3, -0.25) is 0 Å². The van der Waals surface area contributed by atoms with E-state index in [1.54, 1.807) is 0 Å². The second-order valence-corrected chi connectivity index (χ2v) is 5.86. The third kappa shape index (κ3) is 2.28. The maximum atomic E-state index is 2.29. The maximum Gasteiger partial charge on any atom is 0.0367 e. The van der Waals surface area contributed by atoms with Crippen LogP contribution < -0.4 is 4.90 Å². The molecular weight excluding hydrogens is 206 g/mol. The van der Waals surface area contributed by atoms with Crippen molar-refractivity contribution in [2.75, 3.05) is 19.0 Å². The molecule has 0 atom stereocenters. The van der Waals surface area contributed by atoms with Crippen molar-refractivity contribution in [3.63, 3.8) is 0 Å². The van der Waals surface area contributed by atoms with Crippen molar-refractivity contribution in [2.45, 2.75) is 26.2 Å². The highest BCUT2D eigenvalue weighted by atomic mass is 15.1. The zero-order valence-electron chi connectivity index (χ0n) is 11.4. The molecular formula is C16H21N. The molecule has 0 aliphatic carbocycles. The van der Waals surface area contributed by atoms with E-state index in [0.717, 1.165) is 0 Å². The van der Waals surface area contributed by atoms with Gasteiger partial charge in [0.25, 0.3) is 0 Å². The second kappa shape index (κ2) is 4.06. The molecule has 0 saturated heterocycles. The monoisotopic (exact) mass is 227 g/mol. The van der Waals surface area contributed by atoms with Gasteiger partial charge in [0, 0.05) is 19.8 Å². The van der Waals surface area contributed by atoms with E-state index in [1.807, 2.05) is 0 Å². The van der Waals surface area contributed by atoms with Gasteiger partial charge in [0.05, 0.1) is 0 Å². The Labute approximate surface area is 104 Å². The highest BCUT2D eigenvalue weighted by molar-refractivity contribution is 5.89. The average Bonchev–Trinajstić information content (AvgIpc) is 2.26. The number of fused-ring (bicyclic) bond motifs is 1. The lowest BCUT2D eigenvalue weighted by Crippen LogP contribution is -2.12. The van der Waals surface area contributed by atoms with Crippen LogP contribution in [0, 0.1) is 0 Å². The summed E-state index contributed by atoms with van der Waals surface area (Å²) >= 11 is 0. The van der Waals surface area contributed by atoms with Crippen LogP contribution in [0.25, 0.3) is 10.8 Å². The van der Waals surface area contributed by atoms with Crippen molar-refractivity contribution in [3.05, 3.63) is 42.0 Å². The predicted octanol–water partition coefficient (Wildman–Crippen LogP) is 4.20. The van der Waals surface area contributed by atoms with Gasteiger partial charge in [0.15, 0.2) is 0 Å². The van der Waals surface area contributed by atoms with Gasteiger partial charge in [-0.1, -0.05) is 45.0 Å². The normalized spacial score (nSPS) is 11.8. The molecule has 0 unspecified atom stereocenters. The number of hydrogen-bond donors (Lipinski definition) is 0. The quantitative estimate of drug-likeness (QED) is 0.705. The van der Waals surface area contributed by atoms with Crippen LogP contribution in [0.15, 0.2) is 36.4 Å². The van der Waals surface area contributed by atoms with Crippen molar-refractivity contribution >= 4 is 16.5 Å². The van der Waals surface area contributed by atoms with Gasteiger partial charge in [-0.25, -0.2) is 0 Å². The first-order valence-corrected chi connectivity index (χ1v) is 6.10. The van der Waals surface area contributed by atoms with Gasteiger partial charge in [-0.15, -0.1) is 0 Å². The Hall–Kier alpha value is -1.50. The molecule has 0 aromatic heterocycles. The smallest absolute Gasteiger partial charge is 0.0367 e. The zero-order chi connectivity index (χ0) is 12.6. The Morgan fingerprint density at radius 2 is 1.65 bits per heavy atom. The van der Waals surface area contributed by atoms with Crippen molar-refractivity contribution in [3.8, 4) is 0 Å².